The number of carboxylic acids is 2. The molecule has 10 heteroatoms. The lowest BCUT2D eigenvalue weighted by Crippen LogP contribution is -2.51. The van der Waals surface area contributed by atoms with Crippen molar-refractivity contribution < 1.29 is 29.4 Å². The van der Waals surface area contributed by atoms with Crippen molar-refractivity contribution in [2.75, 3.05) is 58.9 Å². The zero-order chi connectivity index (χ0) is 25.2. The van der Waals surface area contributed by atoms with Crippen LogP contribution in [-0.2, 0) is 19.2 Å². The van der Waals surface area contributed by atoms with Crippen LogP contribution in [0.1, 0.15) is 53.9 Å². The second-order valence-corrected chi connectivity index (χ2v) is 10.1. The average Bonchev–Trinajstić information content (AvgIpc) is 2.71. The van der Waals surface area contributed by atoms with Crippen LogP contribution in [0.15, 0.2) is 0 Å². The number of nitrogens with zero attached hydrogens (tertiary/aromatic N) is 4. The highest BCUT2D eigenvalue weighted by Gasteiger charge is 2.26. The number of hydrogen-bond donors (Lipinski definition) is 2. The van der Waals surface area contributed by atoms with Gasteiger partial charge in [0.15, 0.2) is 0 Å². The van der Waals surface area contributed by atoms with E-state index in [0.717, 1.165) is 6.42 Å². The quantitative estimate of drug-likeness (QED) is 0.410. The van der Waals surface area contributed by atoms with Crippen LogP contribution in [0.25, 0.3) is 0 Å². The maximum absolute atomic E-state index is 12.7. The molecule has 0 saturated carbocycles. The molecule has 0 bridgehead atoms. The fourth-order valence-corrected chi connectivity index (χ4v) is 3.73. The van der Waals surface area contributed by atoms with Crippen molar-refractivity contribution in [1.82, 2.24) is 19.6 Å². The van der Waals surface area contributed by atoms with Gasteiger partial charge in [0, 0.05) is 64.2 Å². The number of piperazine rings is 1. The van der Waals surface area contributed by atoms with Crippen LogP contribution in [-0.4, -0.2) is 118 Å². The molecule has 2 amide bonds. The van der Waals surface area contributed by atoms with Crippen molar-refractivity contribution in [3.05, 3.63) is 0 Å². The number of carbonyl (C=O) groups excluding carboxylic acids is 2. The maximum Gasteiger partial charge on any atom is 0.317 e. The second-order valence-electron chi connectivity index (χ2n) is 10.1. The third-order valence-electron chi connectivity index (χ3n) is 5.88. The van der Waals surface area contributed by atoms with Gasteiger partial charge in [0.25, 0.3) is 0 Å². The van der Waals surface area contributed by atoms with Crippen molar-refractivity contribution in [2.45, 2.75) is 59.4 Å². The summed E-state index contributed by atoms with van der Waals surface area (Å²) in [6.07, 6.45) is 1.57. The molecule has 1 fully saturated rings. The normalized spacial score (nSPS) is 14.9. The Morgan fingerprint density at radius 2 is 1.27 bits per heavy atom. The van der Waals surface area contributed by atoms with Crippen molar-refractivity contribution in [3.8, 4) is 0 Å². The molecule has 33 heavy (non-hydrogen) atoms. The smallest absolute Gasteiger partial charge is 0.317 e. The molecule has 0 radical (unpaired) electrons. The average molecular weight is 471 g/mol. The molecule has 190 valence electrons. The minimum Gasteiger partial charge on any atom is -0.480 e. The third kappa shape index (κ3) is 11.5. The number of aliphatic carboxylic acids is 2. The highest BCUT2D eigenvalue weighted by molar-refractivity contribution is 5.78. The first-order valence-corrected chi connectivity index (χ1v) is 11.8. The van der Waals surface area contributed by atoms with Gasteiger partial charge in [-0.1, -0.05) is 13.8 Å². The highest BCUT2D eigenvalue weighted by Crippen LogP contribution is 2.13. The van der Waals surface area contributed by atoms with Crippen LogP contribution in [0.3, 0.4) is 0 Å². The van der Waals surface area contributed by atoms with Gasteiger partial charge in [-0.05, 0) is 33.1 Å². The van der Waals surface area contributed by atoms with Crippen LogP contribution >= 0.6 is 0 Å². The molecule has 0 aromatic heterocycles. The number of hydrogen-bond acceptors (Lipinski definition) is 6. The summed E-state index contributed by atoms with van der Waals surface area (Å²) >= 11 is 0. The number of rotatable bonds is 13. The lowest BCUT2D eigenvalue weighted by molar-refractivity contribution is -0.142. The van der Waals surface area contributed by atoms with Crippen LogP contribution in [0, 0.1) is 5.92 Å². The molecule has 0 aromatic rings. The zero-order valence-corrected chi connectivity index (χ0v) is 20.9. The molecule has 1 saturated heterocycles. The molecule has 0 aromatic carbocycles. The first kappa shape index (κ1) is 28.8. The van der Waals surface area contributed by atoms with E-state index >= 15 is 0 Å². The van der Waals surface area contributed by atoms with E-state index < -0.39 is 11.9 Å². The van der Waals surface area contributed by atoms with E-state index in [1.54, 1.807) is 14.7 Å². The Bertz CT molecular complexity index is 668. The molecule has 0 spiro atoms. The molecule has 0 aliphatic carbocycles. The molecular weight excluding hydrogens is 428 g/mol. The van der Waals surface area contributed by atoms with Gasteiger partial charge in [-0.15, -0.1) is 0 Å². The first-order valence-electron chi connectivity index (χ1n) is 11.8. The van der Waals surface area contributed by atoms with Gasteiger partial charge >= 0.3 is 11.9 Å². The summed E-state index contributed by atoms with van der Waals surface area (Å²) in [6.45, 7) is 12.6. The summed E-state index contributed by atoms with van der Waals surface area (Å²) in [5.41, 5.74) is -0.380. The monoisotopic (exact) mass is 470 g/mol. The lowest BCUT2D eigenvalue weighted by Gasteiger charge is -2.36. The molecule has 0 unspecified atom stereocenters. The van der Waals surface area contributed by atoms with Gasteiger partial charge < -0.3 is 20.0 Å². The molecule has 10 nitrogen and oxygen atoms in total. The van der Waals surface area contributed by atoms with Gasteiger partial charge in [-0.3, -0.25) is 29.0 Å². The number of carboxylic acid groups (broad SMARTS) is 2. The summed E-state index contributed by atoms with van der Waals surface area (Å²) in [5.74, 6) is -1.38. The number of amides is 2. The van der Waals surface area contributed by atoms with E-state index in [-0.39, 0.29) is 43.4 Å². The Morgan fingerprint density at radius 1 is 0.788 bits per heavy atom. The Hall–Kier alpha value is -2.20. The van der Waals surface area contributed by atoms with E-state index in [2.05, 4.69) is 13.8 Å². The minimum atomic E-state index is -0.989. The van der Waals surface area contributed by atoms with Crippen LogP contribution in [0.2, 0.25) is 0 Å². The van der Waals surface area contributed by atoms with Gasteiger partial charge in [-0.2, -0.15) is 0 Å². The summed E-state index contributed by atoms with van der Waals surface area (Å²) in [5, 5.41) is 18.4. The molecule has 1 aliphatic rings. The summed E-state index contributed by atoms with van der Waals surface area (Å²) in [4.78, 5) is 54.4. The van der Waals surface area contributed by atoms with E-state index in [1.165, 1.54) is 0 Å². The Morgan fingerprint density at radius 3 is 1.70 bits per heavy atom. The Kier molecular flexibility index (Phi) is 11.8. The molecule has 0 atom stereocenters. The summed E-state index contributed by atoms with van der Waals surface area (Å²) in [6, 6.07) is 0. The predicted molar refractivity (Wildman–Crippen MR) is 125 cm³/mol. The van der Waals surface area contributed by atoms with Crippen molar-refractivity contribution >= 4 is 23.8 Å². The lowest BCUT2D eigenvalue weighted by atomic mass is 10.1. The Labute approximate surface area is 197 Å². The largest absolute Gasteiger partial charge is 0.480 e. The van der Waals surface area contributed by atoms with E-state index in [9.17, 15) is 24.3 Å². The summed E-state index contributed by atoms with van der Waals surface area (Å²) in [7, 11) is 0. The SMILES string of the molecule is CC(C)CCC(=O)N1CCN(C(=O)CCN(CCN(CC(=O)O)C(C)(C)C)CC(=O)O)CC1. The van der Waals surface area contributed by atoms with E-state index in [1.807, 2.05) is 25.7 Å². The second kappa shape index (κ2) is 13.5. The van der Waals surface area contributed by atoms with E-state index in [4.69, 9.17) is 5.11 Å². The van der Waals surface area contributed by atoms with Gasteiger partial charge in [0.2, 0.25) is 11.8 Å². The van der Waals surface area contributed by atoms with Crippen LogP contribution in [0.5, 0.6) is 0 Å². The van der Waals surface area contributed by atoms with E-state index in [0.29, 0.717) is 51.6 Å². The van der Waals surface area contributed by atoms with Crippen molar-refractivity contribution in [1.29, 1.82) is 0 Å². The van der Waals surface area contributed by atoms with Crippen molar-refractivity contribution in [3.63, 3.8) is 0 Å². The molecular formula is C23H42N4O6. The highest BCUT2D eigenvalue weighted by atomic mass is 16.4. The molecule has 1 heterocycles. The molecule has 2 N–H and O–H groups in total. The topological polar surface area (TPSA) is 122 Å². The van der Waals surface area contributed by atoms with Gasteiger partial charge in [0.05, 0.1) is 13.1 Å². The van der Waals surface area contributed by atoms with Gasteiger partial charge in [-0.25, -0.2) is 0 Å². The third-order valence-corrected chi connectivity index (χ3v) is 5.88. The zero-order valence-electron chi connectivity index (χ0n) is 20.9. The fourth-order valence-electron chi connectivity index (χ4n) is 3.73. The predicted octanol–water partition coefficient (Wildman–Crippen LogP) is 1.06. The fraction of sp³-hybridized carbons (Fsp3) is 0.826. The molecule has 1 rings (SSSR count). The number of carbonyl (C=O) groups is 4. The standard InChI is InChI=1S/C23H42N4O6/c1-18(2)6-7-19(28)25-11-13-26(14-12-25)20(29)8-9-24(16-21(30)31)10-15-27(17-22(32)33)23(3,4)5/h18H,6-17H2,1-5H3,(H,30,31)(H,32,33). The van der Waals surface area contributed by atoms with Crippen LogP contribution < -0.4 is 0 Å². The van der Waals surface area contributed by atoms with Gasteiger partial charge in [0.1, 0.15) is 0 Å². The summed E-state index contributed by atoms with van der Waals surface area (Å²) < 4.78 is 0. The Balaban J connectivity index is 2.54. The van der Waals surface area contributed by atoms with Crippen molar-refractivity contribution in [2.24, 2.45) is 5.92 Å². The molecule has 1 aliphatic heterocycles. The minimum absolute atomic E-state index is 0.0575. The first-order chi connectivity index (χ1) is 15.3. The maximum atomic E-state index is 12.7. The van der Waals surface area contributed by atoms with Crippen LogP contribution in [0.4, 0.5) is 0 Å².